The predicted octanol–water partition coefficient (Wildman–Crippen LogP) is 4.24. The normalized spacial score (nSPS) is 20.7. The SMILES string of the molecule is CCn1cc(CN(CC2CCN(Cc3ccccc3F)CC2)C[C@H]2CCCO2)c(C)n1. The molecule has 4 rings (SSSR count). The highest BCUT2D eigenvalue weighted by atomic mass is 19.1. The van der Waals surface area contributed by atoms with Crippen molar-refractivity contribution in [3.8, 4) is 0 Å². The van der Waals surface area contributed by atoms with Crippen molar-refractivity contribution in [2.24, 2.45) is 5.92 Å². The summed E-state index contributed by atoms with van der Waals surface area (Å²) in [5.41, 5.74) is 3.28. The van der Waals surface area contributed by atoms with E-state index >= 15 is 0 Å². The second-order valence-electron chi connectivity index (χ2n) is 9.24. The summed E-state index contributed by atoms with van der Waals surface area (Å²) in [7, 11) is 0. The number of aromatic nitrogens is 2. The Kier molecular flexibility index (Phi) is 7.75. The van der Waals surface area contributed by atoms with Gasteiger partial charge in [0.25, 0.3) is 0 Å². The van der Waals surface area contributed by atoms with Crippen LogP contribution in [0.5, 0.6) is 0 Å². The van der Waals surface area contributed by atoms with Gasteiger partial charge in [-0.3, -0.25) is 14.5 Å². The molecule has 170 valence electrons. The number of benzene rings is 1. The van der Waals surface area contributed by atoms with Crippen LogP contribution < -0.4 is 0 Å². The first-order chi connectivity index (χ1) is 15.1. The Morgan fingerprint density at radius 1 is 1.13 bits per heavy atom. The summed E-state index contributed by atoms with van der Waals surface area (Å²) in [6, 6.07) is 7.16. The summed E-state index contributed by atoms with van der Waals surface area (Å²) < 4.78 is 22.0. The number of likely N-dealkylation sites (tertiary alicyclic amines) is 1. The van der Waals surface area contributed by atoms with Crippen LogP contribution in [0.1, 0.15) is 49.4 Å². The molecule has 6 heteroatoms. The molecule has 0 radical (unpaired) electrons. The molecule has 2 aromatic rings. The van der Waals surface area contributed by atoms with Gasteiger partial charge in [0.15, 0.2) is 0 Å². The van der Waals surface area contributed by atoms with Gasteiger partial charge in [-0.1, -0.05) is 18.2 Å². The zero-order chi connectivity index (χ0) is 21.6. The second kappa shape index (κ2) is 10.7. The summed E-state index contributed by atoms with van der Waals surface area (Å²) in [5, 5.41) is 4.64. The Bertz CT molecular complexity index is 825. The Balaban J connectivity index is 1.33. The Hall–Kier alpha value is -1.76. The van der Waals surface area contributed by atoms with Crippen molar-refractivity contribution < 1.29 is 9.13 Å². The molecular weight excluding hydrogens is 391 g/mol. The fourth-order valence-electron chi connectivity index (χ4n) is 4.96. The largest absolute Gasteiger partial charge is 0.377 e. The number of piperidine rings is 1. The van der Waals surface area contributed by atoms with Crippen LogP contribution in [0.3, 0.4) is 0 Å². The van der Waals surface area contributed by atoms with Gasteiger partial charge in [0.2, 0.25) is 0 Å². The lowest BCUT2D eigenvalue weighted by molar-refractivity contribution is 0.0568. The van der Waals surface area contributed by atoms with E-state index in [1.807, 2.05) is 16.8 Å². The fraction of sp³-hybridized carbons (Fsp3) is 0.640. The predicted molar refractivity (Wildman–Crippen MR) is 121 cm³/mol. The fourth-order valence-corrected chi connectivity index (χ4v) is 4.96. The zero-order valence-corrected chi connectivity index (χ0v) is 19.1. The molecule has 31 heavy (non-hydrogen) atoms. The van der Waals surface area contributed by atoms with Crippen molar-refractivity contribution in [2.75, 3.05) is 32.8 Å². The van der Waals surface area contributed by atoms with Crippen LogP contribution in [0, 0.1) is 18.7 Å². The number of nitrogens with zero attached hydrogens (tertiary/aromatic N) is 4. The maximum atomic E-state index is 14.0. The molecule has 0 unspecified atom stereocenters. The molecule has 1 aromatic heterocycles. The molecular formula is C25H37FN4O. The van der Waals surface area contributed by atoms with E-state index in [1.54, 1.807) is 12.1 Å². The van der Waals surface area contributed by atoms with Crippen molar-refractivity contribution in [3.05, 3.63) is 53.1 Å². The van der Waals surface area contributed by atoms with Crippen LogP contribution in [-0.2, 0) is 24.4 Å². The van der Waals surface area contributed by atoms with Crippen molar-refractivity contribution in [1.82, 2.24) is 19.6 Å². The van der Waals surface area contributed by atoms with E-state index in [-0.39, 0.29) is 5.82 Å². The molecule has 1 aromatic carbocycles. The number of aryl methyl sites for hydroxylation is 2. The van der Waals surface area contributed by atoms with Crippen LogP contribution in [0.15, 0.2) is 30.5 Å². The smallest absolute Gasteiger partial charge is 0.127 e. The van der Waals surface area contributed by atoms with E-state index in [1.165, 1.54) is 31.2 Å². The maximum Gasteiger partial charge on any atom is 0.127 e. The van der Waals surface area contributed by atoms with Crippen LogP contribution in [0.25, 0.3) is 0 Å². The monoisotopic (exact) mass is 428 g/mol. The molecule has 0 N–H and O–H groups in total. The number of hydrogen-bond donors (Lipinski definition) is 0. The average molecular weight is 429 g/mol. The summed E-state index contributed by atoms with van der Waals surface area (Å²) in [4.78, 5) is 4.99. The molecule has 0 aliphatic carbocycles. The molecule has 0 saturated carbocycles. The first-order valence-corrected chi connectivity index (χ1v) is 11.9. The second-order valence-corrected chi connectivity index (χ2v) is 9.24. The van der Waals surface area contributed by atoms with Crippen LogP contribution in [0.2, 0.25) is 0 Å². The molecule has 2 aliphatic heterocycles. The van der Waals surface area contributed by atoms with Gasteiger partial charge in [-0.25, -0.2) is 4.39 Å². The summed E-state index contributed by atoms with van der Waals surface area (Å²) in [6.07, 6.45) is 7.26. The molecule has 0 spiro atoms. The third-order valence-corrected chi connectivity index (χ3v) is 6.83. The Morgan fingerprint density at radius 2 is 1.94 bits per heavy atom. The van der Waals surface area contributed by atoms with E-state index in [0.717, 1.165) is 57.1 Å². The van der Waals surface area contributed by atoms with Crippen molar-refractivity contribution in [2.45, 2.75) is 65.3 Å². The lowest BCUT2D eigenvalue weighted by atomic mass is 9.95. The van der Waals surface area contributed by atoms with Crippen molar-refractivity contribution >= 4 is 0 Å². The van der Waals surface area contributed by atoms with E-state index in [9.17, 15) is 4.39 Å². The number of rotatable bonds is 9. The van der Waals surface area contributed by atoms with Gasteiger partial charge >= 0.3 is 0 Å². The van der Waals surface area contributed by atoms with Gasteiger partial charge in [-0.15, -0.1) is 0 Å². The van der Waals surface area contributed by atoms with E-state index in [2.05, 4.69) is 34.9 Å². The van der Waals surface area contributed by atoms with Crippen LogP contribution in [-0.4, -0.2) is 58.5 Å². The highest BCUT2D eigenvalue weighted by molar-refractivity contribution is 5.17. The van der Waals surface area contributed by atoms with E-state index in [4.69, 9.17) is 4.74 Å². The number of ether oxygens (including phenoxy) is 1. The summed E-state index contributed by atoms with van der Waals surface area (Å²) in [5.74, 6) is 0.593. The standard InChI is InChI=1S/C25H37FN4O/c1-3-30-18-23(20(2)27-30)17-29(19-24-8-6-14-31-24)15-21-10-12-28(13-11-21)16-22-7-4-5-9-25(22)26/h4-5,7,9,18,21,24H,3,6,8,10-17,19H2,1-2H3/t24-/m1/s1. The quantitative estimate of drug-likeness (QED) is 0.598. The van der Waals surface area contributed by atoms with Gasteiger partial charge in [-0.05, 0) is 64.6 Å². The Morgan fingerprint density at radius 3 is 2.61 bits per heavy atom. The molecule has 2 fully saturated rings. The molecule has 5 nitrogen and oxygen atoms in total. The van der Waals surface area contributed by atoms with Crippen LogP contribution >= 0.6 is 0 Å². The maximum absolute atomic E-state index is 14.0. The van der Waals surface area contributed by atoms with Gasteiger partial charge < -0.3 is 4.74 Å². The first-order valence-electron chi connectivity index (χ1n) is 11.9. The minimum atomic E-state index is -0.0876. The highest BCUT2D eigenvalue weighted by Gasteiger charge is 2.25. The lowest BCUT2D eigenvalue weighted by Gasteiger charge is -2.35. The average Bonchev–Trinajstić information content (AvgIpc) is 3.41. The van der Waals surface area contributed by atoms with Gasteiger partial charge in [0.05, 0.1) is 11.8 Å². The first kappa shape index (κ1) is 22.4. The third kappa shape index (κ3) is 6.15. The molecule has 2 aliphatic rings. The molecule has 3 heterocycles. The lowest BCUT2D eigenvalue weighted by Crippen LogP contribution is -2.40. The number of halogens is 1. The van der Waals surface area contributed by atoms with E-state index < -0.39 is 0 Å². The molecule has 2 saturated heterocycles. The molecule has 0 bridgehead atoms. The molecule has 1 atom stereocenters. The topological polar surface area (TPSA) is 33.5 Å². The van der Waals surface area contributed by atoms with Crippen molar-refractivity contribution in [3.63, 3.8) is 0 Å². The van der Waals surface area contributed by atoms with E-state index in [0.29, 0.717) is 18.6 Å². The summed E-state index contributed by atoms with van der Waals surface area (Å²) in [6.45, 7) is 11.9. The third-order valence-electron chi connectivity index (χ3n) is 6.83. The minimum Gasteiger partial charge on any atom is -0.377 e. The summed E-state index contributed by atoms with van der Waals surface area (Å²) >= 11 is 0. The van der Waals surface area contributed by atoms with Crippen molar-refractivity contribution in [1.29, 1.82) is 0 Å². The van der Waals surface area contributed by atoms with Gasteiger partial charge in [-0.2, -0.15) is 5.10 Å². The minimum absolute atomic E-state index is 0.0876. The Labute approximate surface area is 186 Å². The highest BCUT2D eigenvalue weighted by Crippen LogP contribution is 2.23. The van der Waals surface area contributed by atoms with Gasteiger partial charge in [0.1, 0.15) is 5.82 Å². The number of hydrogen-bond acceptors (Lipinski definition) is 4. The van der Waals surface area contributed by atoms with Gasteiger partial charge in [0, 0.05) is 56.7 Å². The molecule has 0 amide bonds. The zero-order valence-electron chi connectivity index (χ0n) is 19.1. The van der Waals surface area contributed by atoms with Crippen LogP contribution in [0.4, 0.5) is 4.39 Å².